The Hall–Kier alpha value is -2.35. The summed E-state index contributed by atoms with van der Waals surface area (Å²) in [4.78, 5) is 12.4. The van der Waals surface area contributed by atoms with E-state index in [4.69, 9.17) is 0 Å². The molecule has 89 valence electrons. The lowest BCUT2D eigenvalue weighted by atomic mass is 10.2. The number of benzene rings is 2. The summed E-state index contributed by atoms with van der Waals surface area (Å²) in [6.45, 7) is 0.535. The van der Waals surface area contributed by atoms with E-state index in [0.717, 1.165) is 11.1 Å². The van der Waals surface area contributed by atoms with Crippen molar-refractivity contribution in [3.63, 3.8) is 0 Å². The van der Waals surface area contributed by atoms with Crippen molar-refractivity contribution < 1.29 is 4.79 Å². The molecule has 1 amide bonds. The van der Waals surface area contributed by atoms with E-state index in [1.165, 1.54) is 4.90 Å². The zero-order valence-electron chi connectivity index (χ0n) is 9.99. The third-order valence-electron chi connectivity index (χ3n) is 2.56. The van der Waals surface area contributed by atoms with Crippen molar-refractivity contribution in [3.05, 3.63) is 78.0 Å². The van der Waals surface area contributed by atoms with Crippen molar-refractivity contribution in [2.75, 3.05) is 0 Å². The van der Waals surface area contributed by atoms with Gasteiger partial charge in [-0.1, -0.05) is 60.7 Å². The highest BCUT2D eigenvalue weighted by molar-refractivity contribution is 5.56. The van der Waals surface area contributed by atoms with Gasteiger partial charge in [-0.2, -0.15) is 0 Å². The monoisotopic (exact) mass is 236 g/mol. The normalized spacial score (nSPS) is 10.4. The van der Waals surface area contributed by atoms with Crippen molar-refractivity contribution in [1.82, 2.24) is 4.90 Å². The van der Waals surface area contributed by atoms with Crippen molar-refractivity contribution in [3.8, 4) is 0 Å². The Morgan fingerprint density at radius 1 is 0.944 bits per heavy atom. The molecule has 2 aromatic carbocycles. The standard InChI is InChI=1S/C16H14NO/c18-14-17(13-16-9-5-2-6-10-16)12-11-15-7-3-1-4-8-15/h1-12H,13H2. The average molecular weight is 236 g/mol. The molecule has 2 nitrogen and oxygen atoms in total. The van der Waals surface area contributed by atoms with Gasteiger partial charge in [0.25, 0.3) is 0 Å². The maximum Gasteiger partial charge on any atom is 0.316 e. The van der Waals surface area contributed by atoms with Crippen LogP contribution in [0.4, 0.5) is 0 Å². The van der Waals surface area contributed by atoms with Gasteiger partial charge in [0, 0.05) is 6.20 Å². The molecule has 18 heavy (non-hydrogen) atoms. The first-order valence-corrected chi connectivity index (χ1v) is 5.80. The molecule has 1 radical (unpaired) electrons. The highest BCUT2D eigenvalue weighted by Crippen LogP contribution is 2.06. The molecule has 2 heteroatoms. The molecule has 0 N–H and O–H groups in total. The Balaban J connectivity index is 2.02. The van der Waals surface area contributed by atoms with Gasteiger partial charge in [0.15, 0.2) is 0 Å². The Morgan fingerprint density at radius 3 is 2.17 bits per heavy atom. The molecule has 0 spiro atoms. The van der Waals surface area contributed by atoms with Gasteiger partial charge in [0.2, 0.25) is 0 Å². The maximum absolute atomic E-state index is 10.9. The first kappa shape index (κ1) is 12.1. The molecule has 0 aliphatic rings. The first-order chi connectivity index (χ1) is 8.88. The summed E-state index contributed by atoms with van der Waals surface area (Å²) < 4.78 is 0. The second-order valence-corrected chi connectivity index (χ2v) is 3.93. The van der Waals surface area contributed by atoms with Crippen molar-refractivity contribution in [1.29, 1.82) is 0 Å². The summed E-state index contributed by atoms with van der Waals surface area (Å²) in [6.07, 6.45) is 5.56. The minimum atomic E-state index is 0.535. The van der Waals surface area contributed by atoms with Crippen LogP contribution in [0.5, 0.6) is 0 Å². The summed E-state index contributed by atoms with van der Waals surface area (Å²) in [5.74, 6) is 0. The lowest BCUT2D eigenvalue weighted by Gasteiger charge is -2.10. The van der Waals surface area contributed by atoms with Crippen LogP contribution in [0.3, 0.4) is 0 Å². The van der Waals surface area contributed by atoms with Crippen molar-refractivity contribution in [2.45, 2.75) is 6.54 Å². The fourth-order valence-corrected chi connectivity index (χ4v) is 1.64. The molecule has 0 aliphatic carbocycles. The van der Waals surface area contributed by atoms with Crippen LogP contribution in [-0.4, -0.2) is 11.3 Å². The van der Waals surface area contributed by atoms with E-state index in [1.807, 2.05) is 73.1 Å². The maximum atomic E-state index is 10.9. The Kier molecular flexibility index (Phi) is 4.31. The molecule has 0 saturated heterocycles. The van der Waals surface area contributed by atoms with Gasteiger partial charge in [-0.15, -0.1) is 0 Å². The molecule has 2 rings (SSSR count). The van der Waals surface area contributed by atoms with Crippen LogP contribution in [0, 0.1) is 0 Å². The summed E-state index contributed by atoms with van der Waals surface area (Å²) in [5.41, 5.74) is 2.14. The predicted octanol–water partition coefficient (Wildman–Crippen LogP) is 3.23. The highest BCUT2D eigenvalue weighted by Gasteiger charge is 1.99. The van der Waals surface area contributed by atoms with E-state index in [0.29, 0.717) is 6.54 Å². The minimum Gasteiger partial charge on any atom is -0.306 e. The largest absolute Gasteiger partial charge is 0.316 e. The van der Waals surface area contributed by atoms with Gasteiger partial charge in [-0.05, 0) is 17.2 Å². The minimum absolute atomic E-state index is 0.535. The predicted molar refractivity (Wildman–Crippen MR) is 73.2 cm³/mol. The molecule has 0 bridgehead atoms. The Labute approximate surface area is 107 Å². The smallest absolute Gasteiger partial charge is 0.306 e. The fraction of sp³-hybridized carbons (Fsp3) is 0.0625. The lowest BCUT2D eigenvalue weighted by Crippen LogP contribution is -2.13. The molecular formula is C16H14NO. The third kappa shape index (κ3) is 3.59. The second kappa shape index (κ2) is 6.40. The average Bonchev–Trinajstić information content (AvgIpc) is 2.45. The summed E-state index contributed by atoms with van der Waals surface area (Å²) in [7, 11) is 0. The van der Waals surface area contributed by atoms with Gasteiger partial charge < -0.3 is 4.90 Å². The Bertz CT molecular complexity index is 505. The van der Waals surface area contributed by atoms with Gasteiger partial charge in [-0.25, -0.2) is 0 Å². The number of hydrogen-bond donors (Lipinski definition) is 0. The summed E-state index contributed by atoms with van der Waals surface area (Å²) in [6, 6.07) is 19.7. The molecule has 0 saturated carbocycles. The zero-order valence-corrected chi connectivity index (χ0v) is 9.99. The van der Waals surface area contributed by atoms with Gasteiger partial charge in [0.05, 0.1) is 6.54 Å². The molecule has 0 atom stereocenters. The first-order valence-electron chi connectivity index (χ1n) is 5.80. The van der Waals surface area contributed by atoms with Crippen LogP contribution in [0.15, 0.2) is 66.9 Å². The van der Waals surface area contributed by atoms with Crippen LogP contribution < -0.4 is 0 Å². The lowest BCUT2D eigenvalue weighted by molar-refractivity contribution is 0.459. The van der Waals surface area contributed by atoms with Crippen molar-refractivity contribution >= 4 is 12.5 Å². The zero-order chi connectivity index (χ0) is 12.6. The number of amides is 1. The highest BCUT2D eigenvalue weighted by atomic mass is 16.1. The Morgan fingerprint density at radius 2 is 1.56 bits per heavy atom. The molecule has 0 fully saturated rings. The van der Waals surface area contributed by atoms with Crippen LogP contribution in [0.25, 0.3) is 6.08 Å². The summed E-state index contributed by atoms with van der Waals surface area (Å²) >= 11 is 0. The molecular weight excluding hydrogens is 222 g/mol. The summed E-state index contributed by atoms with van der Waals surface area (Å²) in [5, 5.41) is 0. The number of nitrogens with zero attached hydrogens (tertiary/aromatic N) is 1. The van der Waals surface area contributed by atoms with Crippen LogP contribution in [0.1, 0.15) is 11.1 Å². The van der Waals surface area contributed by atoms with Gasteiger partial charge >= 0.3 is 6.41 Å². The van der Waals surface area contributed by atoms with E-state index in [2.05, 4.69) is 0 Å². The van der Waals surface area contributed by atoms with E-state index in [-0.39, 0.29) is 0 Å². The topological polar surface area (TPSA) is 20.3 Å². The fourth-order valence-electron chi connectivity index (χ4n) is 1.64. The third-order valence-corrected chi connectivity index (χ3v) is 2.56. The molecule has 2 aromatic rings. The number of rotatable bonds is 5. The second-order valence-electron chi connectivity index (χ2n) is 3.93. The van der Waals surface area contributed by atoms with Crippen molar-refractivity contribution in [2.24, 2.45) is 0 Å². The van der Waals surface area contributed by atoms with E-state index in [9.17, 15) is 4.79 Å². The van der Waals surface area contributed by atoms with E-state index < -0.39 is 0 Å². The van der Waals surface area contributed by atoms with Gasteiger partial charge in [-0.3, -0.25) is 4.79 Å². The quantitative estimate of drug-likeness (QED) is 0.730. The number of carbonyl (C=O) groups excluding carboxylic acids is 1. The van der Waals surface area contributed by atoms with E-state index >= 15 is 0 Å². The van der Waals surface area contributed by atoms with E-state index in [1.54, 1.807) is 6.20 Å². The molecule has 0 aromatic heterocycles. The SMILES string of the molecule is O=[C]N(C=Cc1ccccc1)Cc1ccccc1. The molecule has 0 aliphatic heterocycles. The molecule has 0 unspecified atom stereocenters. The van der Waals surface area contributed by atoms with Gasteiger partial charge in [0.1, 0.15) is 0 Å². The number of hydrogen-bond acceptors (Lipinski definition) is 1. The van der Waals surface area contributed by atoms with Crippen LogP contribution in [-0.2, 0) is 11.3 Å². The van der Waals surface area contributed by atoms with Crippen LogP contribution >= 0.6 is 0 Å². The van der Waals surface area contributed by atoms with Crippen LogP contribution in [0.2, 0.25) is 0 Å². The molecule has 0 heterocycles.